The zero-order chi connectivity index (χ0) is 15.2. The molecule has 0 heterocycles. The van der Waals surface area contributed by atoms with Crippen LogP contribution < -0.4 is 14.8 Å². The van der Waals surface area contributed by atoms with Gasteiger partial charge in [-0.1, -0.05) is 28.1 Å². The van der Waals surface area contributed by atoms with Crippen molar-refractivity contribution in [2.75, 3.05) is 25.6 Å². The van der Waals surface area contributed by atoms with Gasteiger partial charge in [0.1, 0.15) is 6.61 Å². The summed E-state index contributed by atoms with van der Waals surface area (Å²) in [7, 11) is 1.65. The van der Waals surface area contributed by atoms with Crippen LogP contribution in [-0.4, -0.2) is 20.3 Å². The molecule has 0 bridgehead atoms. The lowest BCUT2D eigenvalue weighted by molar-refractivity contribution is 0.306. The Morgan fingerprint density at radius 2 is 1.67 bits per heavy atom. The molecule has 1 N–H and O–H groups in total. The Morgan fingerprint density at radius 1 is 1.05 bits per heavy atom. The maximum Gasteiger partial charge on any atom is 0.161 e. The molecular formula is C17H20BrNO2. The average molecular weight is 350 g/mol. The molecule has 0 aliphatic carbocycles. The van der Waals surface area contributed by atoms with Gasteiger partial charge in [0.2, 0.25) is 0 Å². The van der Waals surface area contributed by atoms with Crippen LogP contribution >= 0.6 is 15.9 Å². The van der Waals surface area contributed by atoms with E-state index >= 15 is 0 Å². The highest BCUT2D eigenvalue weighted by atomic mass is 79.9. The van der Waals surface area contributed by atoms with E-state index in [1.807, 2.05) is 24.3 Å². The number of benzene rings is 2. The number of rotatable bonds is 6. The van der Waals surface area contributed by atoms with E-state index in [2.05, 4.69) is 47.2 Å². The van der Waals surface area contributed by atoms with E-state index in [0.29, 0.717) is 6.61 Å². The van der Waals surface area contributed by atoms with Crippen LogP contribution in [-0.2, 0) is 0 Å². The lowest BCUT2D eigenvalue weighted by atomic mass is 10.1. The Labute approximate surface area is 134 Å². The van der Waals surface area contributed by atoms with E-state index in [4.69, 9.17) is 9.47 Å². The molecule has 0 spiro atoms. The number of nitrogens with one attached hydrogen (secondary N) is 1. The molecule has 2 rings (SSSR count). The molecule has 0 unspecified atom stereocenters. The molecular weight excluding hydrogens is 330 g/mol. The molecule has 2 aromatic carbocycles. The minimum absolute atomic E-state index is 0.579. The smallest absolute Gasteiger partial charge is 0.161 e. The number of para-hydroxylation sites is 2. The summed E-state index contributed by atoms with van der Waals surface area (Å²) in [5.74, 6) is 1.53. The van der Waals surface area contributed by atoms with Crippen LogP contribution in [0.3, 0.4) is 0 Å². The second-order valence-corrected chi connectivity index (χ2v) is 5.76. The molecule has 21 heavy (non-hydrogen) atoms. The molecule has 4 heteroatoms. The highest BCUT2D eigenvalue weighted by molar-refractivity contribution is 9.10. The second kappa shape index (κ2) is 7.36. The Morgan fingerprint density at radius 3 is 2.29 bits per heavy atom. The van der Waals surface area contributed by atoms with Gasteiger partial charge in [0.05, 0.1) is 7.11 Å². The minimum Gasteiger partial charge on any atom is -0.493 e. The minimum atomic E-state index is 0.579. The summed E-state index contributed by atoms with van der Waals surface area (Å²) < 4.78 is 12.1. The van der Waals surface area contributed by atoms with Crippen LogP contribution in [0.25, 0.3) is 0 Å². The first-order chi connectivity index (χ1) is 10.1. The fraction of sp³-hybridized carbons (Fsp3) is 0.294. The third-order valence-corrected chi connectivity index (χ3v) is 3.69. The number of anilines is 1. The summed E-state index contributed by atoms with van der Waals surface area (Å²) in [6.07, 6.45) is 0. The van der Waals surface area contributed by atoms with Gasteiger partial charge in [-0.2, -0.15) is 0 Å². The third kappa shape index (κ3) is 4.14. The number of ether oxygens (including phenoxy) is 2. The number of hydrogen-bond acceptors (Lipinski definition) is 3. The van der Waals surface area contributed by atoms with Gasteiger partial charge in [-0.15, -0.1) is 0 Å². The summed E-state index contributed by atoms with van der Waals surface area (Å²) >= 11 is 3.51. The van der Waals surface area contributed by atoms with Crippen LogP contribution in [0.5, 0.6) is 11.5 Å². The third-order valence-electron chi connectivity index (χ3n) is 3.23. The van der Waals surface area contributed by atoms with Gasteiger partial charge >= 0.3 is 0 Å². The summed E-state index contributed by atoms with van der Waals surface area (Å²) in [4.78, 5) is 0. The Bertz CT molecular complexity index is 590. The second-order valence-electron chi connectivity index (χ2n) is 4.84. The first-order valence-electron chi connectivity index (χ1n) is 6.88. The van der Waals surface area contributed by atoms with Crippen molar-refractivity contribution < 1.29 is 9.47 Å². The van der Waals surface area contributed by atoms with Gasteiger partial charge in [0.15, 0.2) is 11.5 Å². The van der Waals surface area contributed by atoms with Crippen molar-refractivity contribution in [3.63, 3.8) is 0 Å². The van der Waals surface area contributed by atoms with E-state index in [9.17, 15) is 0 Å². The van der Waals surface area contributed by atoms with Crippen molar-refractivity contribution in [3.8, 4) is 11.5 Å². The molecule has 0 aliphatic rings. The number of hydrogen-bond donors (Lipinski definition) is 1. The molecule has 0 aromatic heterocycles. The molecule has 0 saturated carbocycles. The fourth-order valence-corrected chi connectivity index (χ4v) is 2.95. The van der Waals surface area contributed by atoms with Gasteiger partial charge in [-0.25, -0.2) is 0 Å². The van der Waals surface area contributed by atoms with Crippen LogP contribution in [0.15, 0.2) is 40.9 Å². The van der Waals surface area contributed by atoms with E-state index in [-0.39, 0.29) is 0 Å². The standard InChI is InChI=1S/C17H20BrNO2/c1-12-10-14(18)11-13(2)17(12)19-8-9-21-16-7-5-4-6-15(16)20-3/h4-7,10-11,19H,8-9H2,1-3H3. The van der Waals surface area contributed by atoms with Crippen molar-refractivity contribution in [3.05, 3.63) is 52.0 Å². The van der Waals surface area contributed by atoms with E-state index in [0.717, 1.165) is 22.5 Å². The molecule has 0 atom stereocenters. The zero-order valence-corrected chi connectivity index (χ0v) is 14.2. The molecule has 0 aliphatic heterocycles. The zero-order valence-electron chi connectivity index (χ0n) is 12.6. The van der Waals surface area contributed by atoms with Crippen LogP contribution in [0.4, 0.5) is 5.69 Å². The molecule has 0 radical (unpaired) electrons. The molecule has 0 amide bonds. The Hall–Kier alpha value is -1.68. The lowest BCUT2D eigenvalue weighted by Crippen LogP contribution is -2.13. The van der Waals surface area contributed by atoms with Crippen molar-refractivity contribution >= 4 is 21.6 Å². The summed E-state index contributed by atoms with van der Waals surface area (Å²) in [6, 6.07) is 11.9. The van der Waals surface area contributed by atoms with Gasteiger partial charge in [0, 0.05) is 16.7 Å². The normalized spacial score (nSPS) is 10.3. The van der Waals surface area contributed by atoms with Crippen molar-refractivity contribution in [1.82, 2.24) is 0 Å². The number of aryl methyl sites for hydroxylation is 2. The van der Waals surface area contributed by atoms with Crippen molar-refractivity contribution in [1.29, 1.82) is 0 Å². The predicted octanol–water partition coefficient (Wildman–Crippen LogP) is 4.57. The van der Waals surface area contributed by atoms with E-state index in [1.165, 1.54) is 16.8 Å². The summed E-state index contributed by atoms with van der Waals surface area (Å²) in [5, 5.41) is 3.43. The van der Waals surface area contributed by atoms with E-state index < -0.39 is 0 Å². The maximum atomic E-state index is 5.76. The van der Waals surface area contributed by atoms with Crippen LogP contribution in [0.1, 0.15) is 11.1 Å². The molecule has 3 nitrogen and oxygen atoms in total. The highest BCUT2D eigenvalue weighted by Crippen LogP contribution is 2.26. The van der Waals surface area contributed by atoms with Gasteiger partial charge in [0.25, 0.3) is 0 Å². The van der Waals surface area contributed by atoms with E-state index in [1.54, 1.807) is 7.11 Å². The summed E-state index contributed by atoms with van der Waals surface area (Å²) in [6.45, 7) is 5.51. The molecule has 2 aromatic rings. The number of methoxy groups -OCH3 is 1. The van der Waals surface area contributed by atoms with Crippen molar-refractivity contribution in [2.24, 2.45) is 0 Å². The maximum absolute atomic E-state index is 5.76. The summed E-state index contributed by atoms with van der Waals surface area (Å²) in [5.41, 5.74) is 3.61. The van der Waals surface area contributed by atoms with Gasteiger partial charge in [-0.3, -0.25) is 0 Å². The topological polar surface area (TPSA) is 30.5 Å². The van der Waals surface area contributed by atoms with Gasteiger partial charge in [-0.05, 0) is 49.2 Å². The fourth-order valence-electron chi connectivity index (χ4n) is 2.26. The predicted molar refractivity (Wildman–Crippen MR) is 90.6 cm³/mol. The van der Waals surface area contributed by atoms with Crippen LogP contribution in [0, 0.1) is 13.8 Å². The average Bonchev–Trinajstić information content (AvgIpc) is 2.45. The monoisotopic (exact) mass is 349 g/mol. The quantitative estimate of drug-likeness (QED) is 0.775. The molecule has 0 saturated heterocycles. The highest BCUT2D eigenvalue weighted by Gasteiger charge is 2.05. The van der Waals surface area contributed by atoms with Gasteiger partial charge < -0.3 is 14.8 Å². The Balaban J connectivity index is 1.91. The first-order valence-corrected chi connectivity index (χ1v) is 7.67. The van der Waals surface area contributed by atoms with Crippen LogP contribution in [0.2, 0.25) is 0 Å². The lowest BCUT2D eigenvalue weighted by Gasteiger charge is -2.14. The number of halogens is 1. The molecule has 112 valence electrons. The SMILES string of the molecule is COc1ccccc1OCCNc1c(C)cc(Br)cc1C. The largest absolute Gasteiger partial charge is 0.493 e. The molecule has 0 fully saturated rings. The van der Waals surface area contributed by atoms with Crippen molar-refractivity contribution in [2.45, 2.75) is 13.8 Å². The first kappa shape index (κ1) is 15.7. The Kier molecular flexibility index (Phi) is 5.51.